The molecule has 5 rings (SSSR count). The van der Waals surface area contributed by atoms with Crippen LogP contribution in [-0.2, 0) is 19.5 Å². The quantitative estimate of drug-likeness (QED) is 0.588. The van der Waals surface area contributed by atoms with Gasteiger partial charge in [0.1, 0.15) is 5.52 Å². The number of hydrogen-bond donors (Lipinski definition) is 1. The maximum atomic E-state index is 11.6. The summed E-state index contributed by atoms with van der Waals surface area (Å²) in [6, 6.07) is 16.0. The number of hydrogen-bond acceptors (Lipinski definition) is 4. The molecule has 0 aliphatic carbocycles. The molecule has 2 aromatic carbocycles. The fourth-order valence-electron chi connectivity index (χ4n) is 3.96. The van der Waals surface area contributed by atoms with E-state index >= 15 is 0 Å². The zero-order valence-electron chi connectivity index (χ0n) is 16.0. The van der Waals surface area contributed by atoms with Crippen molar-refractivity contribution in [1.82, 2.24) is 19.7 Å². The molecule has 4 aromatic rings. The minimum atomic E-state index is -0.463. The molecule has 0 radical (unpaired) electrons. The highest BCUT2D eigenvalue weighted by Crippen LogP contribution is 2.22. The van der Waals surface area contributed by atoms with Gasteiger partial charge in [0, 0.05) is 43.6 Å². The van der Waals surface area contributed by atoms with Gasteiger partial charge in [0.2, 0.25) is 0 Å². The minimum Gasteiger partial charge on any atom is -0.366 e. The number of carbonyl (C=O) groups excluding carboxylic acids is 1. The number of aromatic nitrogens is 3. The van der Waals surface area contributed by atoms with E-state index in [2.05, 4.69) is 45.3 Å². The smallest absolute Gasteiger partial charge is 0.250 e. The summed E-state index contributed by atoms with van der Waals surface area (Å²) < 4.78 is 1.80. The highest BCUT2D eigenvalue weighted by molar-refractivity contribution is 6.04. The second-order valence-electron chi connectivity index (χ2n) is 7.45. The molecular weight excluding hydrogens is 362 g/mol. The maximum absolute atomic E-state index is 11.6. The summed E-state index contributed by atoms with van der Waals surface area (Å²) in [6.45, 7) is 2.89. The second-order valence-corrected chi connectivity index (χ2v) is 7.45. The first-order valence-electron chi connectivity index (χ1n) is 9.69. The van der Waals surface area contributed by atoms with Crippen LogP contribution < -0.4 is 5.73 Å². The predicted molar refractivity (Wildman–Crippen MR) is 112 cm³/mol. The van der Waals surface area contributed by atoms with Crippen molar-refractivity contribution >= 4 is 16.8 Å². The van der Waals surface area contributed by atoms with Crippen LogP contribution in [0.1, 0.15) is 27.0 Å². The molecule has 2 N–H and O–H groups in total. The van der Waals surface area contributed by atoms with E-state index in [4.69, 9.17) is 5.73 Å². The third-order valence-corrected chi connectivity index (χ3v) is 5.50. The predicted octanol–water partition coefficient (Wildman–Crippen LogP) is 3.08. The Hall–Kier alpha value is -3.51. The Balaban J connectivity index is 1.35. The molecule has 1 aliphatic heterocycles. The summed E-state index contributed by atoms with van der Waals surface area (Å²) >= 11 is 0. The van der Waals surface area contributed by atoms with Gasteiger partial charge in [0.25, 0.3) is 5.91 Å². The molecule has 2 aromatic heterocycles. The number of nitrogens with zero attached hydrogens (tertiary/aromatic N) is 4. The average molecular weight is 383 g/mol. The lowest BCUT2D eigenvalue weighted by atomic mass is 10.0. The normalized spacial score (nSPS) is 14.1. The van der Waals surface area contributed by atoms with Crippen molar-refractivity contribution in [3.05, 3.63) is 89.4 Å². The molecule has 0 unspecified atom stereocenters. The maximum Gasteiger partial charge on any atom is 0.250 e. The van der Waals surface area contributed by atoms with Crippen LogP contribution in [0.4, 0.5) is 0 Å². The van der Waals surface area contributed by atoms with E-state index in [-0.39, 0.29) is 0 Å². The van der Waals surface area contributed by atoms with Crippen LogP contribution in [-0.4, -0.2) is 32.1 Å². The standard InChI is InChI=1S/C23H21N5O/c24-23(29)21-3-1-2-18-15-28(26-22(18)21)20-6-4-16(5-7-20)13-27-11-9-17-8-10-25-12-19(17)14-27/h1-8,10,12,15H,9,11,13-14H2,(H2,24,29). The van der Waals surface area contributed by atoms with Crippen molar-refractivity contribution in [3.8, 4) is 5.69 Å². The fourth-order valence-corrected chi connectivity index (χ4v) is 3.96. The number of benzene rings is 2. The summed E-state index contributed by atoms with van der Waals surface area (Å²) in [4.78, 5) is 18.3. The van der Waals surface area contributed by atoms with Crippen LogP contribution in [0.25, 0.3) is 16.6 Å². The average Bonchev–Trinajstić information content (AvgIpc) is 3.18. The van der Waals surface area contributed by atoms with Gasteiger partial charge in [-0.3, -0.25) is 14.7 Å². The molecule has 0 saturated carbocycles. The van der Waals surface area contributed by atoms with E-state index in [0.717, 1.165) is 37.1 Å². The van der Waals surface area contributed by atoms with Gasteiger partial charge < -0.3 is 5.73 Å². The van der Waals surface area contributed by atoms with Gasteiger partial charge in [0.15, 0.2) is 0 Å². The number of pyridine rings is 1. The lowest BCUT2D eigenvalue weighted by Crippen LogP contribution is -2.30. The second kappa shape index (κ2) is 7.14. The van der Waals surface area contributed by atoms with E-state index in [9.17, 15) is 4.79 Å². The monoisotopic (exact) mass is 383 g/mol. The minimum absolute atomic E-state index is 0.442. The van der Waals surface area contributed by atoms with Crippen LogP contribution in [0.2, 0.25) is 0 Å². The Kier molecular flexibility index (Phi) is 4.33. The molecule has 3 heterocycles. The van der Waals surface area contributed by atoms with E-state index in [1.807, 2.05) is 30.7 Å². The zero-order chi connectivity index (χ0) is 19.8. The van der Waals surface area contributed by atoms with Crippen molar-refractivity contribution < 1.29 is 4.79 Å². The van der Waals surface area contributed by atoms with Crippen molar-refractivity contribution in [1.29, 1.82) is 0 Å². The summed E-state index contributed by atoms with van der Waals surface area (Å²) in [6.07, 6.45) is 6.84. The Bertz CT molecular complexity index is 1200. The van der Waals surface area contributed by atoms with Crippen LogP contribution in [0.15, 0.2) is 67.1 Å². The molecule has 0 bridgehead atoms. The summed E-state index contributed by atoms with van der Waals surface area (Å²) in [5.74, 6) is -0.463. The first kappa shape index (κ1) is 17.6. The lowest BCUT2D eigenvalue weighted by Gasteiger charge is -2.28. The van der Waals surface area contributed by atoms with Crippen LogP contribution in [0.5, 0.6) is 0 Å². The van der Waals surface area contributed by atoms with Gasteiger partial charge in [-0.25, -0.2) is 4.68 Å². The number of primary amides is 1. The summed E-state index contributed by atoms with van der Waals surface area (Å²) in [5.41, 5.74) is 11.5. The van der Waals surface area contributed by atoms with Gasteiger partial charge in [-0.1, -0.05) is 24.3 Å². The van der Waals surface area contributed by atoms with Gasteiger partial charge >= 0.3 is 0 Å². The first-order valence-corrected chi connectivity index (χ1v) is 9.69. The van der Waals surface area contributed by atoms with E-state index in [1.54, 1.807) is 10.7 Å². The van der Waals surface area contributed by atoms with Gasteiger partial charge in [-0.05, 0) is 47.4 Å². The number of nitrogens with two attached hydrogens (primary N) is 1. The van der Waals surface area contributed by atoms with Gasteiger partial charge in [-0.2, -0.15) is 5.10 Å². The Morgan fingerprint density at radius 2 is 1.93 bits per heavy atom. The van der Waals surface area contributed by atoms with E-state index in [1.165, 1.54) is 16.7 Å². The summed E-state index contributed by atoms with van der Waals surface area (Å²) in [7, 11) is 0. The van der Waals surface area contributed by atoms with Crippen LogP contribution in [0, 0.1) is 0 Å². The van der Waals surface area contributed by atoms with E-state index in [0.29, 0.717) is 11.1 Å². The van der Waals surface area contributed by atoms with Gasteiger partial charge in [0.05, 0.1) is 11.3 Å². The fraction of sp³-hybridized carbons (Fsp3) is 0.174. The van der Waals surface area contributed by atoms with Gasteiger partial charge in [-0.15, -0.1) is 0 Å². The third-order valence-electron chi connectivity index (χ3n) is 5.50. The number of rotatable bonds is 4. The molecule has 29 heavy (non-hydrogen) atoms. The van der Waals surface area contributed by atoms with Crippen molar-refractivity contribution in [2.24, 2.45) is 5.73 Å². The first-order chi connectivity index (χ1) is 14.2. The molecule has 1 aliphatic rings. The largest absolute Gasteiger partial charge is 0.366 e. The lowest BCUT2D eigenvalue weighted by molar-refractivity contribution is 0.100. The van der Waals surface area contributed by atoms with Crippen molar-refractivity contribution in [2.45, 2.75) is 19.5 Å². The Morgan fingerprint density at radius 1 is 1.07 bits per heavy atom. The van der Waals surface area contributed by atoms with E-state index < -0.39 is 5.91 Å². The number of carbonyl (C=O) groups is 1. The summed E-state index contributed by atoms with van der Waals surface area (Å²) in [5, 5.41) is 5.47. The molecule has 0 spiro atoms. The molecule has 144 valence electrons. The topological polar surface area (TPSA) is 77.0 Å². The molecule has 0 atom stereocenters. The molecule has 6 nitrogen and oxygen atoms in total. The highest BCUT2D eigenvalue weighted by atomic mass is 16.1. The van der Waals surface area contributed by atoms with Crippen molar-refractivity contribution in [2.75, 3.05) is 6.54 Å². The van der Waals surface area contributed by atoms with Crippen LogP contribution in [0.3, 0.4) is 0 Å². The number of fused-ring (bicyclic) bond motifs is 2. The molecule has 0 saturated heterocycles. The Labute approximate surface area is 168 Å². The highest BCUT2D eigenvalue weighted by Gasteiger charge is 2.16. The number of amides is 1. The zero-order valence-corrected chi connectivity index (χ0v) is 16.0. The molecule has 0 fully saturated rings. The molecular formula is C23H21N5O. The third kappa shape index (κ3) is 3.39. The SMILES string of the molecule is NC(=O)c1cccc2cn(-c3ccc(CN4CCc5ccncc5C4)cc3)nc12. The van der Waals surface area contributed by atoms with Crippen molar-refractivity contribution in [3.63, 3.8) is 0 Å². The molecule has 6 heteroatoms. The Morgan fingerprint density at radius 3 is 2.76 bits per heavy atom. The molecule has 1 amide bonds. The van der Waals surface area contributed by atoms with Crippen LogP contribution >= 0.6 is 0 Å².